The number of carbonyl (C=O) groups is 1. The van der Waals surface area contributed by atoms with Gasteiger partial charge in [-0.1, -0.05) is 23.7 Å². The Bertz CT molecular complexity index is 1160. The zero-order valence-electron chi connectivity index (χ0n) is 17.0. The van der Waals surface area contributed by atoms with E-state index in [2.05, 4.69) is 10.2 Å². The fourth-order valence-electron chi connectivity index (χ4n) is 3.63. The zero-order chi connectivity index (χ0) is 22.0. The maximum atomic E-state index is 14.8. The molecule has 0 bridgehead atoms. The molecule has 160 valence electrons. The van der Waals surface area contributed by atoms with Gasteiger partial charge in [-0.2, -0.15) is 0 Å². The van der Waals surface area contributed by atoms with Crippen LogP contribution in [0.5, 0.6) is 0 Å². The van der Waals surface area contributed by atoms with Gasteiger partial charge in [0.05, 0.1) is 18.5 Å². The number of ether oxygens (including phenoxy) is 2. The highest BCUT2D eigenvalue weighted by atomic mass is 35.5. The van der Waals surface area contributed by atoms with Gasteiger partial charge in [0.25, 0.3) is 0 Å². The number of aromatic nitrogens is 3. The van der Waals surface area contributed by atoms with Crippen LogP contribution in [0.3, 0.4) is 0 Å². The van der Waals surface area contributed by atoms with Gasteiger partial charge in [0.15, 0.2) is 11.6 Å². The smallest absolute Gasteiger partial charge is 0.305 e. The molecule has 0 saturated carbocycles. The summed E-state index contributed by atoms with van der Waals surface area (Å²) in [6, 6.07) is 11.2. The standard InChI is InChI=1S/C22H20ClFN4O3/c1-30-12-19-26-27-22-17(8-10-20(29)31-2)25-21(14-5-3-4-6-16(14)24)15-11-13(23)7-9-18(15)28(19)22/h3-7,9,11,17H,8,10,12H2,1-2H3/t17-/m0/s1. The number of rotatable bonds is 6. The maximum absolute atomic E-state index is 14.8. The number of aliphatic imine (C=N–C) groups is 1. The van der Waals surface area contributed by atoms with Crippen molar-refractivity contribution in [2.45, 2.75) is 25.5 Å². The predicted octanol–water partition coefficient (Wildman–Crippen LogP) is 4.05. The first-order valence-corrected chi connectivity index (χ1v) is 10.0. The van der Waals surface area contributed by atoms with Crippen LogP contribution in [-0.2, 0) is 20.9 Å². The average molecular weight is 443 g/mol. The van der Waals surface area contributed by atoms with Gasteiger partial charge in [-0.25, -0.2) is 4.39 Å². The second-order valence-electron chi connectivity index (χ2n) is 6.99. The minimum Gasteiger partial charge on any atom is -0.469 e. The van der Waals surface area contributed by atoms with Crippen molar-refractivity contribution in [2.24, 2.45) is 4.99 Å². The van der Waals surface area contributed by atoms with E-state index in [0.717, 1.165) is 0 Å². The molecule has 9 heteroatoms. The number of benzene rings is 2. The van der Waals surface area contributed by atoms with Crippen molar-refractivity contribution in [2.75, 3.05) is 14.2 Å². The predicted molar refractivity (Wildman–Crippen MR) is 113 cm³/mol. The Hall–Kier alpha value is -3.10. The molecule has 3 aromatic rings. The summed E-state index contributed by atoms with van der Waals surface area (Å²) in [6.07, 6.45) is 0.441. The van der Waals surface area contributed by atoms with E-state index in [-0.39, 0.29) is 19.0 Å². The second kappa shape index (κ2) is 8.95. The maximum Gasteiger partial charge on any atom is 0.305 e. The molecule has 0 saturated heterocycles. The van der Waals surface area contributed by atoms with Crippen LogP contribution >= 0.6 is 11.6 Å². The lowest BCUT2D eigenvalue weighted by Gasteiger charge is -2.14. The zero-order valence-corrected chi connectivity index (χ0v) is 17.8. The van der Waals surface area contributed by atoms with Crippen LogP contribution in [0.2, 0.25) is 5.02 Å². The van der Waals surface area contributed by atoms with Crippen molar-refractivity contribution in [3.8, 4) is 5.69 Å². The summed E-state index contributed by atoms with van der Waals surface area (Å²) in [5, 5.41) is 9.08. The van der Waals surface area contributed by atoms with Crippen molar-refractivity contribution in [3.63, 3.8) is 0 Å². The Kier molecular flexibility index (Phi) is 6.11. The first-order valence-electron chi connectivity index (χ1n) is 9.66. The van der Waals surface area contributed by atoms with Crippen LogP contribution in [0.25, 0.3) is 5.69 Å². The quantitative estimate of drug-likeness (QED) is 0.538. The first-order chi connectivity index (χ1) is 15.0. The second-order valence-corrected chi connectivity index (χ2v) is 7.43. The van der Waals surface area contributed by atoms with Crippen molar-refractivity contribution in [3.05, 3.63) is 76.1 Å². The first kappa shape index (κ1) is 21.1. The van der Waals surface area contributed by atoms with Crippen LogP contribution in [-0.4, -0.2) is 40.7 Å². The SMILES string of the molecule is COCc1nnc2n1-c1ccc(Cl)cc1C(c1ccccc1F)=N[C@H]2CCC(=O)OC. The van der Waals surface area contributed by atoms with Crippen LogP contribution in [0.15, 0.2) is 47.5 Å². The molecule has 1 aliphatic heterocycles. The van der Waals surface area contributed by atoms with Gasteiger partial charge in [0, 0.05) is 29.7 Å². The van der Waals surface area contributed by atoms with Crippen molar-refractivity contribution >= 4 is 23.3 Å². The Morgan fingerprint density at radius 2 is 1.97 bits per heavy atom. The van der Waals surface area contributed by atoms with Crippen molar-refractivity contribution in [1.29, 1.82) is 0 Å². The van der Waals surface area contributed by atoms with Crippen LogP contribution < -0.4 is 0 Å². The minimum absolute atomic E-state index is 0.124. The number of hydrogen-bond acceptors (Lipinski definition) is 6. The van der Waals surface area contributed by atoms with Gasteiger partial charge in [-0.05, 0) is 36.8 Å². The molecule has 0 N–H and O–H groups in total. The summed E-state index contributed by atoms with van der Waals surface area (Å²) in [7, 11) is 2.90. The van der Waals surface area contributed by atoms with E-state index in [1.807, 2.05) is 10.6 Å². The molecular formula is C22H20ClFN4O3. The molecule has 0 aliphatic carbocycles. The van der Waals surface area contributed by atoms with Crippen LogP contribution in [0.4, 0.5) is 4.39 Å². The van der Waals surface area contributed by atoms with Crippen molar-refractivity contribution < 1.29 is 18.7 Å². The summed E-state index contributed by atoms with van der Waals surface area (Å²) in [4.78, 5) is 16.7. The third-order valence-corrected chi connectivity index (χ3v) is 5.28. The van der Waals surface area contributed by atoms with E-state index < -0.39 is 11.9 Å². The summed E-state index contributed by atoms with van der Waals surface area (Å²) < 4.78 is 26.7. The molecule has 1 aliphatic rings. The normalized spacial score (nSPS) is 15.0. The summed E-state index contributed by atoms with van der Waals surface area (Å²) >= 11 is 6.31. The van der Waals surface area contributed by atoms with Gasteiger partial charge in [-0.3, -0.25) is 14.4 Å². The van der Waals surface area contributed by atoms with E-state index >= 15 is 0 Å². The van der Waals surface area contributed by atoms with Crippen molar-refractivity contribution in [1.82, 2.24) is 14.8 Å². The molecule has 2 heterocycles. The number of nitrogens with zero attached hydrogens (tertiary/aromatic N) is 4. The largest absolute Gasteiger partial charge is 0.469 e. The lowest BCUT2D eigenvalue weighted by atomic mass is 9.99. The highest BCUT2D eigenvalue weighted by Crippen LogP contribution is 2.35. The molecule has 7 nitrogen and oxygen atoms in total. The highest BCUT2D eigenvalue weighted by molar-refractivity contribution is 6.31. The number of fused-ring (bicyclic) bond motifs is 3. The molecule has 0 unspecified atom stereocenters. The van der Waals surface area contributed by atoms with Crippen LogP contribution in [0, 0.1) is 5.82 Å². The lowest BCUT2D eigenvalue weighted by Crippen LogP contribution is -2.11. The summed E-state index contributed by atoms with van der Waals surface area (Å²) in [6.45, 7) is 0.216. The van der Waals surface area contributed by atoms with E-state index in [1.54, 1.807) is 37.4 Å². The van der Waals surface area contributed by atoms with E-state index in [4.69, 9.17) is 26.1 Å². The third-order valence-electron chi connectivity index (χ3n) is 5.04. The Labute approximate surface area is 183 Å². The lowest BCUT2D eigenvalue weighted by molar-refractivity contribution is -0.140. The molecular weight excluding hydrogens is 423 g/mol. The third kappa shape index (κ3) is 4.08. The van der Waals surface area contributed by atoms with Gasteiger partial charge in [0.2, 0.25) is 0 Å². The molecule has 0 amide bonds. The van der Waals surface area contributed by atoms with Gasteiger partial charge in [-0.15, -0.1) is 10.2 Å². The van der Waals surface area contributed by atoms with Gasteiger partial charge in [0.1, 0.15) is 18.5 Å². The summed E-state index contributed by atoms with van der Waals surface area (Å²) in [5.74, 6) is 0.323. The molecule has 0 spiro atoms. The fraction of sp³-hybridized carbons (Fsp3) is 0.273. The Morgan fingerprint density at radius 3 is 2.71 bits per heavy atom. The van der Waals surface area contributed by atoms with E-state index in [9.17, 15) is 9.18 Å². The minimum atomic E-state index is -0.557. The fourth-order valence-corrected chi connectivity index (χ4v) is 3.80. The molecule has 4 rings (SSSR count). The molecule has 31 heavy (non-hydrogen) atoms. The number of halogens is 2. The molecule has 0 radical (unpaired) electrons. The summed E-state index contributed by atoms with van der Waals surface area (Å²) in [5.41, 5.74) is 2.11. The average Bonchev–Trinajstić information content (AvgIpc) is 3.12. The van der Waals surface area contributed by atoms with Gasteiger partial charge >= 0.3 is 5.97 Å². The topological polar surface area (TPSA) is 78.6 Å². The molecule has 0 fully saturated rings. The van der Waals surface area contributed by atoms with Gasteiger partial charge < -0.3 is 9.47 Å². The molecule has 1 atom stereocenters. The Morgan fingerprint density at radius 1 is 1.16 bits per heavy atom. The highest BCUT2D eigenvalue weighted by Gasteiger charge is 2.30. The van der Waals surface area contributed by atoms with E-state index in [0.29, 0.717) is 45.6 Å². The molecule has 1 aromatic heterocycles. The number of carbonyl (C=O) groups excluding carboxylic acids is 1. The van der Waals surface area contributed by atoms with E-state index in [1.165, 1.54) is 13.2 Å². The number of hydrogen-bond donors (Lipinski definition) is 0. The number of esters is 1. The molecule has 2 aromatic carbocycles. The monoisotopic (exact) mass is 442 g/mol. The van der Waals surface area contributed by atoms with Crippen LogP contribution in [0.1, 0.15) is 41.7 Å². The number of methoxy groups -OCH3 is 2. The Balaban J connectivity index is 1.96.